The molecular weight excluding hydrogens is 355 g/mol. The summed E-state index contributed by atoms with van der Waals surface area (Å²) in [7, 11) is 0. The fourth-order valence-electron chi connectivity index (χ4n) is 1.54. The van der Waals surface area contributed by atoms with E-state index in [0.29, 0.717) is 0 Å². The van der Waals surface area contributed by atoms with Gasteiger partial charge in [-0.25, -0.2) is 0 Å². The summed E-state index contributed by atoms with van der Waals surface area (Å²) < 4.78 is 0. The topological polar surface area (TPSA) is 56.4 Å². The maximum Gasteiger partial charge on any atom is 0 e. The van der Waals surface area contributed by atoms with Crippen molar-refractivity contribution in [2.75, 3.05) is 26.2 Å². The molecule has 0 fully saturated rings. The van der Waals surface area contributed by atoms with Gasteiger partial charge in [-0.2, -0.15) is 26.2 Å². The van der Waals surface area contributed by atoms with E-state index in [1.54, 1.807) is 0 Å². The summed E-state index contributed by atoms with van der Waals surface area (Å²) >= 11 is 0. The molecule has 0 bridgehead atoms. The van der Waals surface area contributed by atoms with Crippen molar-refractivity contribution in [3.05, 3.63) is 21.3 Å². The first kappa shape index (κ1) is 30.1. The van der Waals surface area contributed by atoms with Crippen LogP contribution in [0.25, 0.3) is 21.3 Å². The maximum atomic E-state index is 4.47. The van der Waals surface area contributed by atoms with Gasteiger partial charge in [0, 0.05) is 16.5 Å². The Morgan fingerprint density at radius 3 is 0.560 bits per heavy atom. The molecule has 0 amide bonds. The van der Waals surface area contributed by atoms with E-state index >= 15 is 0 Å². The average molecular weight is 399 g/mol. The van der Waals surface area contributed by atoms with Crippen molar-refractivity contribution >= 4 is 0 Å². The van der Waals surface area contributed by atoms with Crippen LogP contribution in [-0.4, -0.2) is 48.3 Å². The van der Waals surface area contributed by atoms with Crippen LogP contribution in [0.1, 0.15) is 83.1 Å². The van der Waals surface area contributed by atoms with Gasteiger partial charge in [-0.3, -0.25) is 0 Å². The molecule has 25 heavy (non-hydrogen) atoms. The van der Waals surface area contributed by atoms with Crippen LogP contribution in [0.5, 0.6) is 0 Å². The smallest absolute Gasteiger partial charge is 0 e. The third-order valence-corrected chi connectivity index (χ3v) is 2.54. The first-order valence-electron chi connectivity index (χ1n) is 9.16. The van der Waals surface area contributed by atoms with Crippen LogP contribution in [0.15, 0.2) is 0 Å². The molecule has 0 N–H and O–H groups in total. The van der Waals surface area contributed by atoms with Gasteiger partial charge < -0.3 is 21.3 Å². The van der Waals surface area contributed by atoms with Gasteiger partial charge in [0.15, 0.2) is 0 Å². The fourth-order valence-corrected chi connectivity index (χ4v) is 1.54. The van der Waals surface area contributed by atoms with Gasteiger partial charge in [-0.15, -0.1) is 22.2 Å². The van der Waals surface area contributed by atoms with Crippen LogP contribution in [-0.2, 0) is 16.5 Å². The van der Waals surface area contributed by atoms with E-state index in [2.05, 4.69) is 104 Å². The minimum atomic E-state index is 0. The summed E-state index contributed by atoms with van der Waals surface area (Å²) in [6.45, 7) is 28.8. The van der Waals surface area contributed by atoms with Crippen LogP contribution in [0, 0.1) is 0 Å². The quantitative estimate of drug-likeness (QED) is 0.354. The predicted octanol–water partition coefficient (Wildman–Crippen LogP) is 6.66. The first-order valence-corrected chi connectivity index (χ1v) is 9.16. The molecule has 0 aliphatic heterocycles. The Hall–Kier alpha value is 0.334. The average Bonchev–Trinajstić information content (AvgIpc) is 2.27. The molecule has 0 radical (unpaired) electrons. The molecule has 0 aromatic carbocycles. The summed E-state index contributed by atoms with van der Waals surface area (Å²) in [6, 6.07) is 0. The molecule has 0 aliphatic carbocycles. The van der Waals surface area contributed by atoms with Crippen molar-refractivity contribution in [1.82, 2.24) is 0 Å². The summed E-state index contributed by atoms with van der Waals surface area (Å²) in [5.41, 5.74) is 0.363. The summed E-state index contributed by atoms with van der Waals surface area (Å²) in [4.78, 5) is 0. The number of nitrogens with zero attached hydrogens (tertiary/aromatic N) is 4. The van der Waals surface area contributed by atoms with E-state index in [9.17, 15) is 0 Å². The Labute approximate surface area is 169 Å². The van der Waals surface area contributed by atoms with Crippen LogP contribution in [0.4, 0.5) is 0 Å². The second-order valence-corrected chi connectivity index (χ2v) is 10.2. The molecule has 0 saturated heterocycles. The molecule has 158 valence electrons. The van der Waals surface area contributed by atoms with Crippen molar-refractivity contribution < 1.29 is 16.5 Å². The van der Waals surface area contributed by atoms with Crippen molar-refractivity contribution in [2.24, 2.45) is 0 Å². The Morgan fingerprint density at radius 1 is 0.360 bits per heavy atom. The molecule has 0 spiro atoms. The fraction of sp³-hybridized carbons (Fsp3) is 1.00. The zero-order valence-corrected chi connectivity index (χ0v) is 19.9. The summed E-state index contributed by atoms with van der Waals surface area (Å²) in [6.07, 6.45) is 0. The van der Waals surface area contributed by atoms with Gasteiger partial charge >= 0.3 is 0 Å². The third kappa shape index (κ3) is 36.1. The normalized spacial score (nSPS) is 13.0. The van der Waals surface area contributed by atoms with E-state index in [0.717, 1.165) is 26.2 Å². The van der Waals surface area contributed by atoms with Crippen LogP contribution in [0.3, 0.4) is 0 Å². The molecule has 0 saturated carbocycles. The molecule has 0 heterocycles. The van der Waals surface area contributed by atoms with Gasteiger partial charge in [0.2, 0.25) is 0 Å². The van der Waals surface area contributed by atoms with Crippen molar-refractivity contribution in [3.8, 4) is 0 Å². The maximum absolute atomic E-state index is 4.47. The predicted molar refractivity (Wildman–Crippen MR) is 112 cm³/mol. The molecular formula is C20H44N4Ni-4. The molecule has 0 atom stereocenters. The number of hydrogen-bond donors (Lipinski definition) is 0. The largest absolute Gasteiger partial charge is 0.659 e. The second-order valence-electron chi connectivity index (χ2n) is 10.2. The van der Waals surface area contributed by atoms with Crippen molar-refractivity contribution in [3.63, 3.8) is 0 Å². The summed E-state index contributed by atoms with van der Waals surface area (Å²) in [5.74, 6) is 0. The SMILES string of the molecule is CC(C)(C)[N-]CC[N-]C(C)(C)C.CC(C)(C)[N-]CC[N-]C(C)(C)C.[Ni]. The van der Waals surface area contributed by atoms with Gasteiger partial charge in [0.1, 0.15) is 0 Å². The van der Waals surface area contributed by atoms with Gasteiger partial charge in [0.25, 0.3) is 0 Å². The molecule has 5 heteroatoms. The van der Waals surface area contributed by atoms with Gasteiger partial charge in [-0.05, 0) is 0 Å². The van der Waals surface area contributed by atoms with E-state index in [-0.39, 0.29) is 38.6 Å². The number of hydrogen-bond acceptors (Lipinski definition) is 0. The molecule has 0 aliphatic rings. The summed E-state index contributed by atoms with van der Waals surface area (Å²) in [5, 5.41) is 17.9. The minimum absolute atomic E-state index is 0. The van der Waals surface area contributed by atoms with Crippen molar-refractivity contribution in [2.45, 2.75) is 105 Å². The molecule has 0 aromatic heterocycles. The molecule has 0 aromatic rings. The minimum Gasteiger partial charge on any atom is -0.659 e. The van der Waals surface area contributed by atoms with E-state index in [1.165, 1.54) is 0 Å². The standard InChI is InChI=1S/2C10H22N2.Ni/c2*1-9(2,3)11-7-8-12-10(4,5)6;/h2*7-8H2,1-6H3;/q2*-2;. The third-order valence-electron chi connectivity index (χ3n) is 2.54. The Morgan fingerprint density at radius 2 is 0.480 bits per heavy atom. The Balaban J connectivity index is -0.000000372. The van der Waals surface area contributed by atoms with Crippen LogP contribution in [0.2, 0.25) is 0 Å². The van der Waals surface area contributed by atoms with E-state index < -0.39 is 0 Å². The second kappa shape index (κ2) is 12.7. The van der Waals surface area contributed by atoms with Gasteiger partial charge in [-0.1, -0.05) is 83.1 Å². The van der Waals surface area contributed by atoms with Crippen molar-refractivity contribution in [1.29, 1.82) is 0 Å². The van der Waals surface area contributed by atoms with Crippen LogP contribution >= 0.6 is 0 Å². The number of rotatable bonds is 6. The van der Waals surface area contributed by atoms with Crippen LogP contribution < -0.4 is 0 Å². The zero-order chi connectivity index (χ0) is 19.7. The Bertz CT molecular complexity index is 240. The monoisotopic (exact) mass is 398 g/mol. The van der Waals surface area contributed by atoms with E-state index in [4.69, 9.17) is 0 Å². The van der Waals surface area contributed by atoms with E-state index in [1.807, 2.05) is 0 Å². The molecule has 4 nitrogen and oxygen atoms in total. The first-order chi connectivity index (χ1) is 10.4. The Kier molecular flexibility index (Phi) is 15.2. The molecule has 0 unspecified atom stereocenters. The molecule has 0 rings (SSSR count). The zero-order valence-electron chi connectivity index (χ0n) is 18.9. The van der Waals surface area contributed by atoms with Gasteiger partial charge in [0.05, 0.1) is 0 Å².